The normalized spacial score (nSPS) is 25.6. The zero-order valence-corrected chi connectivity index (χ0v) is 12.4. The minimum atomic E-state index is 0.295. The molecule has 2 aliphatic rings. The summed E-state index contributed by atoms with van der Waals surface area (Å²) in [5.74, 6) is 0.295. The average molecular weight is 268 g/mol. The summed E-state index contributed by atoms with van der Waals surface area (Å²) in [7, 11) is 2.22. The van der Waals surface area contributed by atoms with E-state index in [1.807, 2.05) is 0 Å². The van der Waals surface area contributed by atoms with Crippen LogP contribution in [0.2, 0.25) is 0 Å². The Kier molecular flexibility index (Phi) is 3.96. The lowest BCUT2D eigenvalue weighted by Gasteiger charge is -2.35. The zero-order valence-electron chi connectivity index (χ0n) is 12.4. The first-order chi connectivity index (χ1) is 9.78. The van der Waals surface area contributed by atoms with Crippen LogP contribution in [0, 0.1) is 17.2 Å². The summed E-state index contributed by atoms with van der Waals surface area (Å²) >= 11 is 0. The van der Waals surface area contributed by atoms with Gasteiger partial charge in [0.05, 0.1) is 6.07 Å². The van der Waals surface area contributed by atoms with Gasteiger partial charge < -0.3 is 4.90 Å². The third-order valence-corrected chi connectivity index (χ3v) is 5.17. The van der Waals surface area contributed by atoms with Crippen LogP contribution in [0.5, 0.6) is 0 Å². The summed E-state index contributed by atoms with van der Waals surface area (Å²) in [6, 6.07) is 10.1. The van der Waals surface area contributed by atoms with Gasteiger partial charge in [-0.2, -0.15) is 5.26 Å². The van der Waals surface area contributed by atoms with E-state index in [4.69, 9.17) is 5.26 Å². The van der Waals surface area contributed by atoms with E-state index in [0.29, 0.717) is 12.0 Å². The van der Waals surface area contributed by atoms with Gasteiger partial charge in [-0.25, -0.2) is 0 Å². The molecule has 1 saturated carbocycles. The van der Waals surface area contributed by atoms with Crippen LogP contribution in [-0.4, -0.2) is 13.1 Å². The van der Waals surface area contributed by atoms with Crippen LogP contribution in [-0.2, 0) is 12.8 Å². The summed E-state index contributed by atoms with van der Waals surface area (Å²) in [6.45, 7) is 0. The van der Waals surface area contributed by atoms with E-state index in [1.165, 1.54) is 31.4 Å². The molecule has 0 aromatic heterocycles. The molecule has 2 aliphatic carbocycles. The van der Waals surface area contributed by atoms with Crippen LogP contribution in [0.4, 0.5) is 5.69 Å². The van der Waals surface area contributed by atoms with Crippen molar-refractivity contribution in [3.05, 3.63) is 29.3 Å². The van der Waals surface area contributed by atoms with E-state index in [2.05, 4.69) is 36.2 Å². The van der Waals surface area contributed by atoms with Gasteiger partial charge in [-0.1, -0.05) is 6.07 Å². The van der Waals surface area contributed by atoms with E-state index in [1.54, 1.807) is 11.1 Å². The smallest absolute Gasteiger partial charge is 0.0655 e. The summed E-state index contributed by atoms with van der Waals surface area (Å²) in [5.41, 5.74) is 4.49. The molecule has 1 fully saturated rings. The molecule has 0 radical (unpaired) electrons. The minimum Gasteiger partial charge on any atom is -0.372 e. The lowest BCUT2D eigenvalue weighted by Crippen LogP contribution is -2.35. The van der Waals surface area contributed by atoms with Crippen LogP contribution in [0.1, 0.15) is 49.7 Å². The number of rotatable bonds is 2. The number of nitriles is 1. The number of nitrogens with zero attached hydrogens (tertiary/aromatic N) is 2. The number of benzene rings is 1. The van der Waals surface area contributed by atoms with E-state index >= 15 is 0 Å². The molecule has 0 N–H and O–H groups in total. The van der Waals surface area contributed by atoms with E-state index in [-0.39, 0.29) is 0 Å². The van der Waals surface area contributed by atoms with Crippen molar-refractivity contribution in [1.82, 2.24) is 0 Å². The van der Waals surface area contributed by atoms with Gasteiger partial charge in [0.15, 0.2) is 0 Å². The molecule has 2 heteroatoms. The Morgan fingerprint density at radius 1 is 1.05 bits per heavy atom. The van der Waals surface area contributed by atoms with Crippen LogP contribution in [0.25, 0.3) is 0 Å². The molecule has 0 unspecified atom stereocenters. The SMILES string of the molecule is CN(c1ccc2c(c1)CCCC2)C1CCC(C#N)CC1. The summed E-state index contributed by atoms with van der Waals surface area (Å²) in [5, 5.41) is 9.00. The predicted octanol–water partition coefficient (Wildman–Crippen LogP) is 4.08. The van der Waals surface area contributed by atoms with Gasteiger partial charge in [0.25, 0.3) is 0 Å². The van der Waals surface area contributed by atoms with Gasteiger partial charge >= 0.3 is 0 Å². The molecular weight excluding hydrogens is 244 g/mol. The molecule has 0 saturated heterocycles. The molecule has 0 aliphatic heterocycles. The maximum atomic E-state index is 9.00. The van der Waals surface area contributed by atoms with Crippen molar-refractivity contribution in [2.24, 2.45) is 5.92 Å². The Morgan fingerprint density at radius 2 is 1.75 bits per heavy atom. The second-order valence-corrected chi connectivity index (χ2v) is 6.41. The standard InChI is InChI=1S/C18H24N2/c1-20(17-9-6-14(13-19)7-10-17)18-11-8-15-4-2-3-5-16(15)12-18/h8,11-12,14,17H,2-7,9-10H2,1H3. The largest absolute Gasteiger partial charge is 0.372 e. The fourth-order valence-electron chi connectivity index (χ4n) is 3.74. The molecule has 2 nitrogen and oxygen atoms in total. The quantitative estimate of drug-likeness (QED) is 0.808. The second-order valence-electron chi connectivity index (χ2n) is 6.41. The highest BCUT2D eigenvalue weighted by Crippen LogP contribution is 2.31. The highest BCUT2D eigenvalue weighted by atomic mass is 15.1. The van der Waals surface area contributed by atoms with Crippen molar-refractivity contribution in [3.63, 3.8) is 0 Å². The molecule has 1 aromatic carbocycles. The fourth-order valence-corrected chi connectivity index (χ4v) is 3.74. The van der Waals surface area contributed by atoms with Crippen LogP contribution >= 0.6 is 0 Å². The summed E-state index contributed by atoms with van der Waals surface area (Å²) < 4.78 is 0. The molecule has 0 heterocycles. The van der Waals surface area contributed by atoms with Gasteiger partial charge in [0.1, 0.15) is 0 Å². The van der Waals surface area contributed by atoms with Crippen molar-refractivity contribution in [2.45, 2.75) is 57.4 Å². The Labute approximate surface area is 122 Å². The lowest BCUT2D eigenvalue weighted by atomic mass is 9.86. The fraction of sp³-hybridized carbons (Fsp3) is 0.611. The van der Waals surface area contributed by atoms with Crippen molar-refractivity contribution in [3.8, 4) is 6.07 Å². The highest BCUT2D eigenvalue weighted by molar-refractivity contribution is 5.52. The molecule has 1 aromatic rings. The maximum absolute atomic E-state index is 9.00. The van der Waals surface area contributed by atoms with E-state index in [9.17, 15) is 0 Å². The van der Waals surface area contributed by atoms with Crippen LogP contribution < -0.4 is 4.90 Å². The van der Waals surface area contributed by atoms with E-state index < -0.39 is 0 Å². The van der Waals surface area contributed by atoms with E-state index in [0.717, 1.165) is 25.7 Å². The number of fused-ring (bicyclic) bond motifs is 1. The van der Waals surface area contributed by atoms with Gasteiger partial charge in [-0.3, -0.25) is 0 Å². The van der Waals surface area contributed by atoms with Crippen LogP contribution in [0.15, 0.2) is 18.2 Å². The van der Waals surface area contributed by atoms with Crippen molar-refractivity contribution in [2.75, 3.05) is 11.9 Å². The Morgan fingerprint density at radius 3 is 2.45 bits per heavy atom. The second kappa shape index (κ2) is 5.87. The van der Waals surface area contributed by atoms with Gasteiger partial charge in [0, 0.05) is 24.7 Å². The molecule has 0 amide bonds. The Bertz CT molecular complexity index is 507. The molecule has 0 spiro atoms. The highest BCUT2D eigenvalue weighted by Gasteiger charge is 2.24. The lowest BCUT2D eigenvalue weighted by molar-refractivity contribution is 0.372. The molecule has 0 atom stereocenters. The maximum Gasteiger partial charge on any atom is 0.0655 e. The number of aryl methyl sites for hydroxylation is 2. The molecule has 20 heavy (non-hydrogen) atoms. The Balaban J connectivity index is 1.71. The minimum absolute atomic E-state index is 0.295. The summed E-state index contributed by atoms with van der Waals surface area (Å²) in [6.07, 6.45) is 9.64. The van der Waals surface area contributed by atoms with Crippen molar-refractivity contribution >= 4 is 5.69 Å². The average Bonchev–Trinajstić information content (AvgIpc) is 2.54. The van der Waals surface area contributed by atoms with Gasteiger partial charge in [0.2, 0.25) is 0 Å². The molecule has 3 rings (SSSR count). The molecule has 106 valence electrons. The third kappa shape index (κ3) is 2.68. The Hall–Kier alpha value is -1.49. The van der Waals surface area contributed by atoms with Gasteiger partial charge in [-0.15, -0.1) is 0 Å². The number of hydrogen-bond acceptors (Lipinski definition) is 2. The molecular formula is C18H24N2. The first-order valence-electron chi connectivity index (χ1n) is 8.02. The van der Waals surface area contributed by atoms with Gasteiger partial charge in [-0.05, 0) is 74.6 Å². The zero-order chi connectivity index (χ0) is 13.9. The number of hydrogen-bond donors (Lipinski definition) is 0. The first-order valence-corrected chi connectivity index (χ1v) is 8.02. The number of anilines is 1. The summed E-state index contributed by atoms with van der Waals surface area (Å²) in [4.78, 5) is 2.45. The van der Waals surface area contributed by atoms with Crippen LogP contribution in [0.3, 0.4) is 0 Å². The molecule has 0 bridgehead atoms. The monoisotopic (exact) mass is 268 g/mol. The van der Waals surface area contributed by atoms with Crippen molar-refractivity contribution < 1.29 is 0 Å². The predicted molar refractivity (Wildman–Crippen MR) is 82.8 cm³/mol. The first kappa shape index (κ1) is 13.5. The topological polar surface area (TPSA) is 27.0 Å². The van der Waals surface area contributed by atoms with Crippen molar-refractivity contribution in [1.29, 1.82) is 5.26 Å². The third-order valence-electron chi connectivity index (χ3n) is 5.17.